The Labute approximate surface area is 157 Å². The fourth-order valence-corrected chi connectivity index (χ4v) is 4.56. The Kier molecular flexibility index (Phi) is 4.68. The summed E-state index contributed by atoms with van der Waals surface area (Å²) in [5, 5.41) is 5.02. The average molecular weight is 369 g/mol. The molecule has 0 saturated carbocycles. The van der Waals surface area contributed by atoms with Gasteiger partial charge in [-0.15, -0.1) is 11.3 Å². The molecule has 1 atom stereocenters. The summed E-state index contributed by atoms with van der Waals surface area (Å²) in [5.74, 6) is 0.0402. The van der Waals surface area contributed by atoms with Crippen LogP contribution in [0.2, 0.25) is 0 Å². The number of carbonyl (C=O) groups excluding carboxylic acids is 2. The highest BCUT2D eigenvalue weighted by Crippen LogP contribution is 2.39. The SMILES string of the molecule is CN1C(=O)[C@@H]2CCCCN2c2ccc(C(=O)NCCc3cccs3)cc21. The van der Waals surface area contributed by atoms with E-state index >= 15 is 0 Å². The summed E-state index contributed by atoms with van der Waals surface area (Å²) < 4.78 is 0. The molecule has 2 amide bonds. The van der Waals surface area contributed by atoms with E-state index in [0.29, 0.717) is 12.1 Å². The van der Waals surface area contributed by atoms with Gasteiger partial charge in [0.2, 0.25) is 5.91 Å². The minimum atomic E-state index is -0.0917. The topological polar surface area (TPSA) is 52.7 Å². The number of nitrogens with zero attached hydrogens (tertiary/aromatic N) is 2. The Morgan fingerprint density at radius 3 is 2.96 bits per heavy atom. The van der Waals surface area contributed by atoms with Crippen LogP contribution in [-0.2, 0) is 11.2 Å². The number of likely N-dealkylation sites (N-methyl/N-ethyl adjacent to an activating group) is 1. The van der Waals surface area contributed by atoms with Gasteiger partial charge in [0.05, 0.1) is 11.4 Å². The molecule has 1 aromatic carbocycles. The molecule has 6 heteroatoms. The van der Waals surface area contributed by atoms with Gasteiger partial charge in [-0.3, -0.25) is 9.59 Å². The van der Waals surface area contributed by atoms with E-state index in [4.69, 9.17) is 0 Å². The second-order valence-corrected chi connectivity index (χ2v) is 7.92. The van der Waals surface area contributed by atoms with Crippen LogP contribution in [0.5, 0.6) is 0 Å². The first-order valence-electron chi connectivity index (χ1n) is 9.14. The molecule has 1 saturated heterocycles. The van der Waals surface area contributed by atoms with Crippen LogP contribution in [-0.4, -0.2) is 38.0 Å². The largest absolute Gasteiger partial charge is 0.358 e. The van der Waals surface area contributed by atoms with Gasteiger partial charge >= 0.3 is 0 Å². The molecule has 0 spiro atoms. The van der Waals surface area contributed by atoms with Gasteiger partial charge in [0.15, 0.2) is 0 Å². The smallest absolute Gasteiger partial charge is 0.251 e. The molecule has 1 N–H and O–H groups in total. The highest BCUT2D eigenvalue weighted by molar-refractivity contribution is 7.09. The number of thiophene rings is 1. The molecule has 2 aromatic rings. The lowest BCUT2D eigenvalue weighted by atomic mass is 9.96. The minimum Gasteiger partial charge on any atom is -0.358 e. The molecule has 136 valence electrons. The van der Waals surface area contributed by atoms with Crippen LogP contribution >= 0.6 is 11.3 Å². The summed E-state index contributed by atoms with van der Waals surface area (Å²) in [5.41, 5.74) is 2.50. The van der Waals surface area contributed by atoms with Crippen LogP contribution in [0.1, 0.15) is 34.5 Å². The number of benzene rings is 1. The average Bonchev–Trinajstić information content (AvgIpc) is 3.19. The van der Waals surface area contributed by atoms with Crippen LogP contribution in [0.4, 0.5) is 11.4 Å². The number of amides is 2. The van der Waals surface area contributed by atoms with Crippen molar-refractivity contribution in [2.45, 2.75) is 31.7 Å². The molecule has 4 rings (SSSR count). The molecular weight excluding hydrogens is 346 g/mol. The maximum absolute atomic E-state index is 12.7. The van der Waals surface area contributed by atoms with Crippen molar-refractivity contribution in [2.75, 3.05) is 29.9 Å². The molecular formula is C20H23N3O2S. The number of rotatable bonds is 4. The summed E-state index contributed by atoms with van der Waals surface area (Å²) >= 11 is 1.70. The van der Waals surface area contributed by atoms with E-state index in [1.54, 1.807) is 16.2 Å². The molecule has 2 aliphatic rings. The summed E-state index contributed by atoms with van der Waals surface area (Å²) in [6.45, 7) is 1.52. The third-order valence-electron chi connectivity index (χ3n) is 5.26. The van der Waals surface area contributed by atoms with Crippen molar-refractivity contribution in [1.82, 2.24) is 5.32 Å². The zero-order valence-corrected chi connectivity index (χ0v) is 15.7. The molecule has 3 heterocycles. The van der Waals surface area contributed by atoms with E-state index in [-0.39, 0.29) is 17.9 Å². The fraction of sp³-hybridized carbons (Fsp3) is 0.400. The minimum absolute atomic E-state index is 0.0493. The van der Waals surface area contributed by atoms with Crippen molar-refractivity contribution in [2.24, 2.45) is 0 Å². The third kappa shape index (κ3) is 3.09. The Hall–Kier alpha value is -2.34. The summed E-state index contributed by atoms with van der Waals surface area (Å²) in [6, 6.07) is 9.75. The van der Waals surface area contributed by atoms with Gasteiger partial charge in [0.25, 0.3) is 5.91 Å². The highest BCUT2D eigenvalue weighted by Gasteiger charge is 2.37. The lowest BCUT2D eigenvalue weighted by Crippen LogP contribution is -2.54. The number of anilines is 2. The summed E-state index contributed by atoms with van der Waals surface area (Å²) in [4.78, 5) is 30.4. The molecule has 0 bridgehead atoms. The van der Waals surface area contributed by atoms with Crippen molar-refractivity contribution in [3.05, 3.63) is 46.2 Å². The van der Waals surface area contributed by atoms with E-state index in [1.807, 2.05) is 36.7 Å². The van der Waals surface area contributed by atoms with Gasteiger partial charge < -0.3 is 15.1 Å². The predicted molar refractivity (Wildman–Crippen MR) is 105 cm³/mol. The van der Waals surface area contributed by atoms with Crippen molar-refractivity contribution >= 4 is 34.5 Å². The second kappa shape index (κ2) is 7.11. The maximum atomic E-state index is 12.7. The van der Waals surface area contributed by atoms with Gasteiger partial charge in [-0.1, -0.05) is 6.07 Å². The Balaban J connectivity index is 1.51. The monoisotopic (exact) mass is 369 g/mol. The van der Waals surface area contributed by atoms with Crippen LogP contribution < -0.4 is 15.1 Å². The Morgan fingerprint density at radius 1 is 1.27 bits per heavy atom. The van der Waals surface area contributed by atoms with E-state index in [2.05, 4.69) is 16.3 Å². The predicted octanol–water partition coefficient (Wildman–Crippen LogP) is 3.06. The van der Waals surface area contributed by atoms with Gasteiger partial charge in [-0.2, -0.15) is 0 Å². The normalized spacial score (nSPS) is 19.1. The zero-order valence-electron chi connectivity index (χ0n) is 14.9. The second-order valence-electron chi connectivity index (χ2n) is 6.89. The molecule has 2 aliphatic heterocycles. The number of hydrogen-bond acceptors (Lipinski definition) is 4. The van der Waals surface area contributed by atoms with Gasteiger partial charge in [-0.05, 0) is 55.3 Å². The van der Waals surface area contributed by atoms with E-state index in [1.165, 1.54) is 4.88 Å². The summed E-state index contributed by atoms with van der Waals surface area (Å²) in [6.07, 6.45) is 3.95. The number of hydrogen-bond donors (Lipinski definition) is 1. The Morgan fingerprint density at radius 2 is 2.15 bits per heavy atom. The lowest BCUT2D eigenvalue weighted by Gasteiger charge is -2.44. The first-order valence-corrected chi connectivity index (χ1v) is 10.0. The number of carbonyl (C=O) groups is 2. The van der Waals surface area contributed by atoms with Gasteiger partial charge in [0.1, 0.15) is 6.04 Å². The number of fused-ring (bicyclic) bond motifs is 3. The third-order valence-corrected chi connectivity index (χ3v) is 6.20. The standard InChI is InChI=1S/C20H23N3O2S/c1-22-18-13-14(19(24)21-10-9-15-5-4-12-26-15)7-8-16(18)23-11-3-2-6-17(23)20(22)25/h4-5,7-8,12-13,17H,2-3,6,9-11H2,1H3,(H,21,24)/t17-/m0/s1. The highest BCUT2D eigenvalue weighted by atomic mass is 32.1. The molecule has 0 aliphatic carbocycles. The van der Waals surface area contributed by atoms with Gasteiger partial charge in [-0.25, -0.2) is 0 Å². The van der Waals surface area contributed by atoms with Crippen LogP contribution in [0.25, 0.3) is 0 Å². The quantitative estimate of drug-likeness (QED) is 0.901. The lowest BCUT2D eigenvalue weighted by molar-refractivity contribution is -0.120. The maximum Gasteiger partial charge on any atom is 0.251 e. The fourth-order valence-electron chi connectivity index (χ4n) is 3.85. The molecule has 26 heavy (non-hydrogen) atoms. The summed E-state index contributed by atoms with van der Waals surface area (Å²) in [7, 11) is 1.81. The van der Waals surface area contributed by atoms with Crippen molar-refractivity contribution < 1.29 is 9.59 Å². The first-order chi connectivity index (χ1) is 12.6. The Bertz CT molecular complexity index is 818. The van der Waals surface area contributed by atoms with Crippen molar-refractivity contribution in [1.29, 1.82) is 0 Å². The van der Waals surface area contributed by atoms with E-state index in [9.17, 15) is 9.59 Å². The van der Waals surface area contributed by atoms with E-state index < -0.39 is 0 Å². The number of nitrogens with one attached hydrogen (secondary N) is 1. The first kappa shape index (κ1) is 17.1. The van der Waals surface area contributed by atoms with Crippen molar-refractivity contribution in [3.8, 4) is 0 Å². The molecule has 1 fully saturated rings. The van der Waals surface area contributed by atoms with Crippen LogP contribution in [0.3, 0.4) is 0 Å². The molecule has 0 unspecified atom stereocenters. The van der Waals surface area contributed by atoms with Crippen LogP contribution in [0.15, 0.2) is 35.7 Å². The van der Waals surface area contributed by atoms with Crippen molar-refractivity contribution in [3.63, 3.8) is 0 Å². The zero-order chi connectivity index (χ0) is 18.1. The van der Waals surface area contributed by atoms with E-state index in [0.717, 1.165) is 43.6 Å². The number of piperidine rings is 1. The molecule has 5 nitrogen and oxygen atoms in total. The molecule has 1 aromatic heterocycles. The molecule has 0 radical (unpaired) electrons. The van der Waals surface area contributed by atoms with Crippen LogP contribution in [0, 0.1) is 0 Å². The van der Waals surface area contributed by atoms with Gasteiger partial charge in [0, 0.05) is 30.6 Å².